The highest BCUT2D eigenvalue weighted by molar-refractivity contribution is 5.79. The van der Waals surface area contributed by atoms with E-state index in [2.05, 4.69) is 6.92 Å². The highest BCUT2D eigenvalue weighted by Gasteiger charge is 2.27. The van der Waals surface area contributed by atoms with Crippen molar-refractivity contribution in [2.75, 3.05) is 26.9 Å². The summed E-state index contributed by atoms with van der Waals surface area (Å²) in [6.45, 7) is 4.47. The van der Waals surface area contributed by atoms with Crippen molar-refractivity contribution in [2.24, 2.45) is 0 Å². The molecule has 0 aliphatic heterocycles. The van der Waals surface area contributed by atoms with E-state index < -0.39 is 6.04 Å². The first-order valence-electron chi connectivity index (χ1n) is 12.1. The molecule has 0 saturated heterocycles. The van der Waals surface area contributed by atoms with Crippen LogP contribution in [0.4, 0.5) is 0 Å². The average Bonchev–Trinajstić information content (AvgIpc) is 2.92. The lowest BCUT2D eigenvalue weighted by atomic mass is 10.1. The largest absolute Gasteiger partial charge is 0.484 e. The quantitative estimate of drug-likeness (QED) is 0.329. The fourth-order valence-electron chi connectivity index (χ4n) is 4.30. The minimum absolute atomic E-state index is 0.137. The molecule has 186 valence electrons. The van der Waals surface area contributed by atoms with Crippen LogP contribution in [0.2, 0.25) is 0 Å². The second-order valence-corrected chi connectivity index (χ2v) is 8.47. The number of fused-ring (bicyclic) bond motifs is 1. The number of carbonyl (C=O) groups excluding carboxylic acids is 1. The molecule has 0 radical (unpaired) electrons. The molecule has 0 N–H and O–H groups in total. The maximum Gasteiger partial charge on any atom is 0.266 e. The van der Waals surface area contributed by atoms with E-state index in [0.717, 1.165) is 17.7 Å². The van der Waals surface area contributed by atoms with Crippen molar-refractivity contribution in [3.63, 3.8) is 0 Å². The van der Waals surface area contributed by atoms with Crippen LogP contribution in [0.3, 0.4) is 0 Å². The van der Waals surface area contributed by atoms with Crippen LogP contribution in [-0.4, -0.2) is 47.2 Å². The van der Waals surface area contributed by atoms with Crippen molar-refractivity contribution in [3.05, 3.63) is 101 Å². The number of hydrogen-bond acceptors (Lipinski definition) is 5. The third kappa shape index (κ3) is 5.31. The molecule has 36 heavy (non-hydrogen) atoms. The van der Waals surface area contributed by atoms with Crippen LogP contribution >= 0.6 is 0 Å². The molecule has 1 unspecified atom stereocenters. The zero-order chi connectivity index (χ0) is 25.5. The molecule has 1 heterocycles. The smallest absolute Gasteiger partial charge is 0.266 e. The third-order valence-corrected chi connectivity index (χ3v) is 6.22. The molecule has 0 aliphatic rings. The molecule has 1 amide bonds. The van der Waals surface area contributed by atoms with Crippen LogP contribution in [0.15, 0.2) is 83.7 Å². The van der Waals surface area contributed by atoms with Crippen molar-refractivity contribution in [1.29, 1.82) is 0 Å². The zero-order valence-electron chi connectivity index (χ0n) is 20.9. The van der Waals surface area contributed by atoms with Crippen molar-refractivity contribution in [2.45, 2.75) is 26.3 Å². The Balaban J connectivity index is 1.80. The Hall–Kier alpha value is -3.97. The van der Waals surface area contributed by atoms with Gasteiger partial charge in [-0.25, -0.2) is 4.98 Å². The van der Waals surface area contributed by atoms with Crippen LogP contribution in [0.1, 0.15) is 31.3 Å². The van der Waals surface area contributed by atoms with Crippen molar-refractivity contribution in [1.82, 2.24) is 14.5 Å². The van der Waals surface area contributed by atoms with Gasteiger partial charge in [-0.1, -0.05) is 55.5 Å². The first-order chi connectivity index (χ1) is 17.5. The van der Waals surface area contributed by atoms with Gasteiger partial charge in [0.05, 0.1) is 29.2 Å². The van der Waals surface area contributed by atoms with Gasteiger partial charge in [0.2, 0.25) is 0 Å². The molecule has 1 aromatic heterocycles. The molecule has 0 fully saturated rings. The number of nitrogens with zero attached hydrogens (tertiary/aromatic N) is 3. The number of carbonyl (C=O) groups is 1. The molecule has 1 atom stereocenters. The summed E-state index contributed by atoms with van der Waals surface area (Å²) < 4.78 is 12.7. The summed E-state index contributed by atoms with van der Waals surface area (Å²) in [6, 6.07) is 23.8. The van der Waals surface area contributed by atoms with Crippen molar-refractivity contribution < 1.29 is 14.3 Å². The van der Waals surface area contributed by atoms with Gasteiger partial charge in [0.15, 0.2) is 6.61 Å². The molecule has 4 aromatic rings. The van der Waals surface area contributed by atoms with Gasteiger partial charge in [-0.15, -0.1) is 0 Å². The van der Waals surface area contributed by atoms with Crippen LogP contribution in [-0.2, 0) is 16.0 Å². The number of para-hydroxylation sites is 3. The number of hydrogen-bond donors (Lipinski definition) is 0. The summed E-state index contributed by atoms with van der Waals surface area (Å²) in [5.74, 6) is 0.882. The Labute approximate surface area is 210 Å². The number of aromatic nitrogens is 2. The minimum Gasteiger partial charge on any atom is -0.484 e. The number of aryl methyl sites for hydroxylation is 1. The van der Waals surface area contributed by atoms with Gasteiger partial charge >= 0.3 is 0 Å². The summed E-state index contributed by atoms with van der Waals surface area (Å²) in [5, 5.41) is 0.529. The Morgan fingerprint density at radius 3 is 2.44 bits per heavy atom. The highest BCUT2D eigenvalue weighted by atomic mass is 16.5. The van der Waals surface area contributed by atoms with Gasteiger partial charge < -0.3 is 14.4 Å². The molecule has 3 aromatic carbocycles. The summed E-state index contributed by atoms with van der Waals surface area (Å²) in [5.41, 5.74) is 2.22. The Bertz CT molecular complexity index is 1380. The maximum atomic E-state index is 13.8. The monoisotopic (exact) mass is 485 g/mol. The van der Waals surface area contributed by atoms with E-state index in [0.29, 0.717) is 35.6 Å². The lowest BCUT2D eigenvalue weighted by Crippen LogP contribution is -2.41. The van der Waals surface area contributed by atoms with E-state index in [1.807, 2.05) is 67.6 Å². The number of amides is 1. The van der Waals surface area contributed by atoms with E-state index in [4.69, 9.17) is 14.5 Å². The van der Waals surface area contributed by atoms with Crippen LogP contribution in [0.5, 0.6) is 5.75 Å². The minimum atomic E-state index is -0.519. The van der Waals surface area contributed by atoms with Gasteiger partial charge in [0.1, 0.15) is 11.6 Å². The topological polar surface area (TPSA) is 73.7 Å². The maximum absolute atomic E-state index is 13.8. The normalized spacial score (nSPS) is 11.9. The first kappa shape index (κ1) is 25.1. The summed E-state index contributed by atoms with van der Waals surface area (Å²) in [4.78, 5) is 33.8. The zero-order valence-corrected chi connectivity index (χ0v) is 20.9. The fraction of sp³-hybridized carbons (Fsp3) is 0.276. The SMILES string of the molecule is CCc1ccccc1-n1c(C(C)N(CCOC)C(=O)COc2ccccc2)nc2ccccc2c1=O. The second-order valence-electron chi connectivity index (χ2n) is 8.47. The number of rotatable bonds is 10. The van der Waals surface area contributed by atoms with Gasteiger partial charge in [-0.2, -0.15) is 0 Å². The summed E-state index contributed by atoms with van der Waals surface area (Å²) in [6.07, 6.45) is 0.750. The molecule has 7 nitrogen and oxygen atoms in total. The Kier molecular flexibility index (Phi) is 8.13. The highest BCUT2D eigenvalue weighted by Crippen LogP contribution is 2.25. The predicted molar refractivity (Wildman–Crippen MR) is 141 cm³/mol. The Morgan fingerprint density at radius 1 is 1.00 bits per heavy atom. The molecule has 0 saturated carbocycles. The first-order valence-corrected chi connectivity index (χ1v) is 12.1. The van der Waals surface area contributed by atoms with Crippen LogP contribution < -0.4 is 10.3 Å². The van der Waals surface area contributed by atoms with Gasteiger partial charge in [-0.05, 0) is 49.2 Å². The third-order valence-electron chi connectivity index (χ3n) is 6.22. The van der Waals surface area contributed by atoms with E-state index in [1.54, 1.807) is 34.8 Å². The average molecular weight is 486 g/mol. The molecule has 0 bridgehead atoms. The Morgan fingerprint density at radius 2 is 1.69 bits per heavy atom. The standard InChI is InChI=1S/C29H31N3O4/c1-4-22-12-8-11-17-26(22)32-28(30-25-16-10-9-15-24(25)29(32)34)21(2)31(18-19-35-3)27(33)20-36-23-13-6-5-7-14-23/h5-17,21H,4,18-20H2,1-3H3. The lowest BCUT2D eigenvalue weighted by Gasteiger charge is -2.30. The van der Waals surface area contributed by atoms with Gasteiger partial charge in [0.25, 0.3) is 11.5 Å². The van der Waals surface area contributed by atoms with Crippen LogP contribution in [0.25, 0.3) is 16.6 Å². The van der Waals surface area contributed by atoms with Crippen LogP contribution in [0, 0.1) is 0 Å². The summed E-state index contributed by atoms with van der Waals surface area (Å²) in [7, 11) is 1.59. The molecular weight excluding hydrogens is 454 g/mol. The van der Waals surface area contributed by atoms with Gasteiger partial charge in [-0.3, -0.25) is 14.2 Å². The number of benzene rings is 3. The molecule has 0 spiro atoms. The number of methoxy groups -OCH3 is 1. The second kappa shape index (κ2) is 11.6. The molecule has 7 heteroatoms. The van der Waals surface area contributed by atoms with Crippen molar-refractivity contribution >= 4 is 16.8 Å². The molecule has 4 rings (SSSR count). The molecular formula is C29H31N3O4. The van der Waals surface area contributed by atoms with E-state index in [9.17, 15) is 9.59 Å². The molecule has 0 aliphatic carbocycles. The van der Waals surface area contributed by atoms with Crippen molar-refractivity contribution in [3.8, 4) is 11.4 Å². The fourth-order valence-corrected chi connectivity index (χ4v) is 4.30. The predicted octanol–water partition coefficient (Wildman–Crippen LogP) is 4.56. The summed E-state index contributed by atoms with van der Waals surface area (Å²) >= 11 is 0. The van der Waals surface area contributed by atoms with Gasteiger partial charge in [0, 0.05) is 13.7 Å². The lowest BCUT2D eigenvalue weighted by molar-refractivity contribution is -0.136. The van der Waals surface area contributed by atoms with E-state index in [-0.39, 0.29) is 18.1 Å². The van der Waals surface area contributed by atoms with E-state index in [1.165, 1.54) is 0 Å². The van der Waals surface area contributed by atoms with E-state index >= 15 is 0 Å². The number of ether oxygens (including phenoxy) is 2.